The first-order valence-electron chi connectivity index (χ1n) is 1.60. The van der Waals surface area contributed by atoms with Crippen LogP contribution in [0.5, 0.6) is 0 Å². The monoisotopic (exact) mass is 137 g/mol. The lowest BCUT2D eigenvalue weighted by Gasteiger charge is -1.84. The normalized spacial score (nSPS) is 8.11. The summed E-state index contributed by atoms with van der Waals surface area (Å²) in [5, 5.41) is 7.59. The highest BCUT2D eigenvalue weighted by Gasteiger charge is 2.16. The summed E-state index contributed by atoms with van der Waals surface area (Å²) in [7, 11) is 0. The van der Waals surface area contributed by atoms with E-state index in [-0.39, 0.29) is 0 Å². The van der Waals surface area contributed by atoms with E-state index < -0.39 is 17.1 Å². The first kappa shape index (κ1) is 7.47. The molecule has 0 fully saturated rings. The summed E-state index contributed by atoms with van der Waals surface area (Å²) in [6.45, 7) is 0. The number of rotatable bonds is 2. The largest absolute Gasteiger partial charge is 0.403 e. The highest BCUT2D eigenvalue weighted by atomic mass is 19.1. The fourth-order valence-electron chi connectivity index (χ4n) is 0.104. The molecule has 0 bridgehead atoms. The Hall–Kier alpha value is -1.53. The van der Waals surface area contributed by atoms with Gasteiger partial charge in [-0.25, -0.2) is 9.63 Å². The molecule has 0 atom stereocenters. The maximum atomic E-state index is 11.0. The fourth-order valence-corrected chi connectivity index (χ4v) is 0.104. The van der Waals surface area contributed by atoms with Crippen molar-refractivity contribution in [1.82, 2.24) is 0 Å². The van der Waals surface area contributed by atoms with Crippen LogP contribution < -0.4 is 0 Å². The van der Waals surface area contributed by atoms with Crippen LogP contribution in [0.15, 0.2) is 0 Å². The summed E-state index contributed by atoms with van der Waals surface area (Å²) in [4.78, 5) is 30.8. The molecule has 0 heterocycles. The molecule has 50 valence electrons. The summed E-state index contributed by atoms with van der Waals surface area (Å²) >= 11 is 0. The Morgan fingerprint density at radius 3 is 2.11 bits per heavy atom. The van der Waals surface area contributed by atoms with Crippen LogP contribution in [-0.4, -0.2) is 17.1 Å². The molecule has 7 heteroatoms. The topological polar surface area (TPSA) is 86.5 Å². The lowest BCUT2D eigenvalue weighted by atomic mass is 10.8. The van der Waals surface area contributed by atoms with Gasteiger partial charge in [0.2, 0.25) is 0 Å². The third-order valence-electron chi connectivity index (χ3n) is 0.318. The fraction of sp³-hybridized carbons (Fsp3) is 0. The quantitative estimate of drug-likeness (QED) is 0.215. The van der Waals surface area contributed by atoms with Crippen LogP contribution in [0.25, 0.3) is 0 Å². The number of carbonyl (C=O) groups excluding carboxylic acids is 2. The van der Waals surface area contributed by atoms with Crippen molar-refractivity contribution in [1.29, 1.82) is 0 Å². The van der Waals surface area contributed by atoms with E-state index in [1.165, 1.54) is 0 Å². The maximum absolute atomic E-state index is 11.0. The first-order chi connectivity index (χ1) is 4.04. The first-order valence-corrected chi connectivity index (χ1v) is 1.60. The van der Waals surface area contributed by atoms with Crippen LogP contribution in [0.2, 0.25) is 0 Å². The summed E-state index contributed by atoms with van der Waals surface area (Å²) in [5.74, 6) is -2.13. The summed E-state index contributed by atoms with van der Waals surface area (Å²) in [6, 6.07) is -2.49. The van der Waals surface area contributed by atoms with Gasteiger partial charge in [-0.2, -0.15) is 4.39 Å². The molecule has 6 nitrogen and oxygen atoms in total. The van der Waals surface area contributed by atoms with Crippen molar-refractivity contribution in [2.24, 2.45) is 0 Å². The predicted molar refractivity (Wildman–Crippen MR) is 19.2 cm³/mol. The average molecular weight is 137 g/mol. The summed E-state index contributed by atoms with van der Waals surface area (Å²) in [6.07, 6.45) is 0. The third kappa shape index (κ3) is 3.09. The van der Waals surface area contributed by atoms with E-state index in [0.717, 1.165) is 0 Å². The molecule has 0 spiro atoms. The van der Waals surface area contributed by atoms with E-state index in [1.54, 1.807) is 0 Å². The van der Waals surface area contributed by atoms with Crippen LogP contribution >= 0.6 is 0 Å². The molecular formula is C2FNO5. The Balaban J connectivity index is 3.79. The second-order valence-electron chi connectivity index (χ2n) is 0.876. The molecule has 0 aromatic carbocycles. The second kappa shape index (κ2) is 2.70. The zero-order chi connectivity index (χ0) is 7.44. The molecule has 0 aliphatic carbocycles. The number of hydrogen-bond donors (Lipinski definition) is 0. The molecule has 0 unspecified atom stereocenters. The lowest BCUT2D eigenvalue weighted by Crippen LogP contribution is -2.16. The van der Waals surface area contributed by atoms with Gasteiger partial charge in [0.25, 0.3) is 0 Å². The standard InChI is InChI=1S/C2FNO5/c3-1(5)2(6)9-4(7)8. The van der Waals surface area contributed by atoms with Crippen LogP contribution in [-0.2, 0) is 14.4 Å². The van der Waals surface area contributed by atoms with Crippen LogP contribution in [0.3, 0.4) is 0 Å². The highest BCUT2D eigenvalue weighted by molar-refractivity contribution is 6.28. The van der Waals surface area contributed by atoms with Crippen molar-refractivity contribution in [3.63, 3.8) is 0 Å². The average Bonchev–Trinajstić information content (AvgIpc) is 1.63. The molecule has 0 aromatic rings. The molecule has 0 N–H and O–H groups in total. The van der Waals surface area contributed by atoms with Crippen molar-refractivity contribution < 1.29 is 23.9 Å². The Morgan fingerprint density at radius 2 is 2.00 bits per heavy atom. The van der Waals surface area contributed by atoms with Gasteiger partial charge in [0.15, 0.2) is 0 Å². The molecule has 0 aliphatic rings. The van der Waals surface area contributed by atoms with Crippen molar-refractivity contribution in [3.05, 3.63) is 10.1 Å². The van der Waals surface area contributed by atoms with Crippen molar-refractivity contribution >= 4 is 12.0 Å². The van der Waals surface area contributed by atoms with Gasteiger partial charge in [-0.3, -0.25) is 4.79 Å². The van der Waals surface area contributed by atoms with Gasteiger partial charge in [0, 0.05) is 0 Å². The van der Waals surface area contributed by atoms with Crippen LogP contribution in [0.1, 0.15) is 0 Å². The SMILES string of the molecule is O=C(F)C(=O)O[N+](=O)[O-]. The smallest absolute Gasteiger partial charge is 0.256 e. The molecule has 0 aliphatic heterocycles. The van der Waals surface area contributed by atoms with Gasteiger partial charge in [-0.05, 0) is 0 Å². The van der Waals surface area contributed by atoms with Crippen molar-refractivity contribution in [3.8, 4) is 0 Å². The molecule has 0 saturated heterocycles. The van der Waals surface area contributed by atoms with Gasteiger partial charge in [0.1, 0.15) is 0 Å². The predicted octanol–water partition coefficient (Wildman–Crippen LogP) is -0.783. The zero-order valence-corrected chi connectivity index (χ0v) is 3.87. The van der Waals surface area contributed by atoms with Crippen LogP contribution in [0, 0.1) is 10.1 Å². The van der Waals surface area contributed by atoms with Crippen LogP contribution in [0.4, 0.5) is 4.39 Å². The Morgan fingerprint density at radius 1 is 1.56 bits per heavy atom. The lowest BCUT2D eigenvalue weighted by molar-refractivity contribution is -0.728. The molecule has 0 aromatic heterocycles. The minimum atomic E-state index is -2.49. The number of hydrogen-bond acceptors (Lipinski definition) is 5. The number of nitrogens with zero attached hydrogens (tertiary/aromatic N) is 1. The molecule has 0 saturated carbocycles. The number of halogens is 1. The van der Waals surface area contributed by atoms with Gasteiger partial charge in [-0.15, -0.1) is 10.1 Å². The second-order valence-corrected chi connectivity index (χ2v) is 0.876. The van der Waals surface area contributed by atoms with Gasteiger partial charge < -0.3 is 0 Å². The van der Waals surface area contributed by atoms with Gasteiger partial charge in [0.05, 0.1) is 0 Å². The molecule has 9 heavy (non-hydrogen) atoms. The Kier molecular flexibility index (Phi) is 2.24. The zero-order valence-electron chi connectivity index (χ0n) is 3.87. The minimum Gasteiger partial charge on any atom is -0.256 e. The third-order valence-corrected chi connectivity index (χ3v) is 0.318. The molecule has 0 rings (SSSR count). The molecule has 0 amide bonds. The molecular weight excluding hydrogens is 137 g/mol. The minimum absolute atomic E-state index is 1.57. The Labute approximate surface area is 47.3 Å². The van der Waals surface area contributed by atoms with Gasteiger partial charge in [-0.1, -0.05) is 0 Å². The number of carbonyl (C=O) groups is 2. The van der Waals surface area contributed by atoms with Crippen molar-refractivity contribution in [2.45, 2.75) is 0 Å². The van der Waals surface area contributed by atoms with E-state index in [2.05, 4.69) is 4.84 Å². The van der Waals surface area contributed by atoms with E-state index in [4.69, 9.17) is 10.1 Å². The molecule has 0 radical (unpaired) electrons. The van der Waals surface area contributed by atoms with E-state index in [1.807, 2.05) is 0 Å². The summed E-state index contributed by atoms with van der Waals surface area (Å²) in [5.41, 5.74) is 0. The summed E-state index contributed by atoms with van der Waals surface area (Å²) < 4.78 is 11.0. The highest BCUT2D eigenvalue weighted by Crippen LogP contribution is 1.81. The van der Waals surface area contributed by atoms with E-state index in [0.29, 0.717) is 0 Å². The maximum Gasteiger partial charge on any atom is 0.403 e. The van der Waals surface area contributed by atoms with Gasteiger partial charge >= 0.3 is 17.1 Å². The van der Waals surface area contributed by atoms with Crippen molar-refractivity contribution in [2.75, 3.05) is 0 Å². The Bertz CT molecular complexity index is 164. The van der Waals surface area contributed by atoms with E-state index in [9.17, 15) is 14.0 Å². The van der Waals surface area contributed by atoms with E-state index >= 15 is 0 Å².